The van der Waals surface area contributed by atoms with Crippen molar-refractivity contribution in [2.75, 3.05) is 18.2 Å². The molecule has 4 aromatic rings. The monoisotopic (exact) mass is 630 g/mol. The first-order valence-corrected chi connectivity index (χ1v) is 15.1. The number of amides is 1. The van der Waals surface area contributed by atoms with E-state index < -0.39 is 12.1 Å². The minimum absolute atomic E-state index is 0.0366. The van der Waals surface area contributed by atoms with Crippen LogP contribution in [-0.2, 0) is 16.1 Å². The molecule has 1 amide bonds. The van der Waals surface area contributed by atoms with E-state index in [0.29, 0.717) is 43.9 Å². The van der Waals surface area contributed by atoms with Crippen molar-refractivity contribution >= 4 is 63.2 Å². The number of rotatable bonds is 11. The van der Waals surface area contributed by atoms with Crippen LogP contribution >= 0.6 is 46.3 Å². The molecule has 12 heteroatoms. The summed E-state index contributed by atoms with van der Waals surface area (Å²) in [6.07, 6.45) is 1.30. The van der Waals surface area contributed by atoms with E-state index in [1.807, 2.05) is 49.6 Å². The summed E-state index contributed by atoms with van der Waals surface area (Å²) >= 11 is 14.8. The Morgan fingerprint density at radius 3 is 2.49 bits per heavy atom. The molecule has 0 aliphatic rings. The molecule has 4 rings (SSSR count). The number of allylic oxidation sites excluding steroid dienone is 1. The lowest BCUT2D eigenvalue weighted by Crippen LogP contribution is -2.17. The van der Waals surface area contributed by atoms with E-state index in [2.05, 4.69) is 22.1 Å². The Kier molecular flexibility index (Phi) is 10.1. The number of benzene rings is 2. The quantitative estimate of drug-likeness (QED) is 0.103. The van der Waals surface area contributed by atoms with Gasteiger partial charge >= 0.3 is 5.97 Å². The molecule has 0 bridgehead atoms. The number of nitrogens with zero attached hydrogens (tertiary/aromatic N) is 3. The predicted molar refractivity (Wildman–Crippen MR) is 166 cm³/mol. The van der Waals surface area contributed by atoms with Gasteiger partial charge in [0.15, 0.2) is 17.1 Å². The van der Waals surface area contributed by atoms with Crippen LogP contribution in [0.1, 0.15) is 40.3 Å². The zero-order valence-corrected chi connectivity index (χ0v) is 26.0. The lowest BCUT2D eigenvalue weighted by Gasteiger charge is -2.17. The van der Waals surface area contributed by atoms with E-state index in [9.17, 15) is 9.59 Å². The summed E-state index contributed by atoms with van der Waals surface area (Å²) in [6.45, 7) is 10.0. The van der Waals surface area contributed by atoms with Gasteiger partial charge < -0.3 is 14.8 Å². The number of hydrogen-bond donors (Lipinski definition) is 1. The van der Waals surface area contributed by atoms with Crippen LogP contribution in [0, 0.1) is 13.8 Å². The summed E-state index contributed by atoms with van der Waals surface area (Å²) in [6, 6.07) is 10.9. The van der Waals surface area contributed by atoms with Gasteiger partial charge in [-0.05, 0) is 61.7 Å². The lowest BCUT2D eigenvalue weighted by atomic mass is 10.0. The van der Waals surface area contributed by atoms with Crippen LogP contribution in [0.15, 0.2) is 59.6 Å². The van der Waals surface area contributed by atoms with Gasteiger partial charge in [0.05, 0.1) is 12.9 Å². The predicted octanol–water partition coefficient (Wildman–Crippen LogP) is 7.77. The number of aromatic nitrogens is 3. The van der Waals surface area contributed by atoms with Gasteiger partial charge in [-0.15, -0.1) is 28.1 Å². The maximum Gasteiger partial charge on any atom is 0.341 e. The summed E-state index contributed by atoms with van der Waals surface area (Å²) in [4.78, 5) is 25.6. The molecule has 1 atom stereocenters. The second kappa shape index (κ2) is 13.6. The van der Waals surface area contributed by atoms with E-state index in [4.69, 9.17) is 32.7 Å². The minimum atomic E-state index is -0.547. The Hall–Kier alpha value is -3.31. The van der Waals surface area contributed by atoms with Crippen molar-refractivity contribution in [3.05, 3.63) is 87.0 Å². The zero-order valence-electron chi connectivity index (χ0n) is 22.9. The lowest BCUT2D eigenvalue weighted by molar-refractivity contribution is -0.113. The largest absolute Gasteiger partial charge is 0.483 e. The van der Waals surface area contributed by atoms with Crippen molar-refractivity contribution < 1.29 is 19.1 Å². The summed E-state index contributed by atoms with van der Waals surface area (Å²) in [7, 11) is 1.30. The molecule has 1 unspecified atom stereocenters. The zero-order chi connectivity index (χ0) is 29.7. The molecular formula is C29H28Cl2N4O4S2. The van der Waals surface area contributed by atoms with E-state index in [1.54, 1.807) is 23.6 Å². The Labute approximate surface area is 256 Å². The Morgan fingerprint density at radius 2 is 1.85 bits per heavy atom. The third-order valence-corrected chi connectivity index (χ3v) is 8.78. The van der Waals surface area contributed by atoms with Gasteiger partial charge in [0, 0.05) is 27.5 Å². The second-order valence-corrected chi connectivity index (χ2v) is 11.7. The fraction of sp³-hybridized carbons (Fsp3) is 0.241. The number of thioether (sulfide) groups is 1. The van der Waals surface area contributed by atoms with E-state index in [1.165, 1.54) is 30.2 Å². The summed E-state index contributed by atoms with van der Waals surface area (Å²) in [5.74, 6) is 0.450. The maximum absolute atomic E-state index is 13.0. The number of anilines is 1. The SMILES string of the molecule is C=CCn1c(SCC(=O)Nc2scc(-c3ccc(Cl)cc3)c2C(=O)OC)nnc1C(C)Oc1cc(C)c(Cl)c(C)c1. The molecular weight excluding hydrogens is 603 g/mol. The number of hydrogen-bond acceptors (Lipinski definition) is 8. The molecule has 41 heavy (non-hydrogen) atoms. The number of halogens is 2. The van der Waals surface area contributed by atoms with Crippen LogP contribution in [0.2, 0.25) is 10.0 Å². The van der Waals surface area contributed by atoms with Gasteiger partial charge in [0.25, 0.3) is 0 Å². The second-order valence-electron chi connectivity index (χ2n) is 9.06. The van der Waals surface area contributed by atoms with Crippen molar-refractivity contribution in [3.8, 4) is 16.9 Å². The third kappa shape index (κ3) is 7.13. The van der Waals surface area contributed by atoms with Crippen LogP contribution in [0.5, 0.6) is 5.75 Å². The van der Waals surface area contributed by atoms with Crippen LogP contribution in [0.3, 0.4) is 0 Å². The van der Waals surface area contributed by atoms with Crippen LogP contribution in [0.25, 0.3) is 11.1 Å². The third-order valence-electron chi connectivity index (χ3n) is 6.06. The fourth-order valence-electron chi connectivity index (χ4n) is 4.13. The number of methoxy groups -OCH3 is 1. The highest BCUT2D eigenvalue weighted by Crippen LogP contribution is 2.37. The molecule has 0 fully saturated rings. The summed E-state index contributed by atoms with van der Waals surface area (Å²) in [5, 5.41) is 15.5. The summed E-state index contributed by atoms with van der Waals surface area (Å²) in [5.41, 5.74) is 3.56. The minimum Gasteiger partial charge on any atom is -0.483 e. The smallest absolute Gasteiger partial charge is 0.341 e. The first kappa shape index (κ1) is 30.6. The van der Waals surface area contributed by atoms with E-state index in [0.717, 1.165) is 16.7 Å². The highest BCUT2D eigenvalue weighted by molar-refractivity contribution is 7.99. The molecule has 214 valence electrons. The van der Waals surface area contributed by atoms with Gasteiger partial charge in [-0.3, -0.25) is 9.36 Å². The maximum atomic E-state index is 13.0. The van der Waals surface area contributed by atoms with E-state index in [-0.39, 0.29) is 17.2 Å². The molecule has 0 aliphatic carbocycles. The van der Waals surface area contributed by atoms with Gasteiger partial charge in [-0.25, -0.2) is 4.79 Å². The van der Waals surface area contributed by atoms with Crippen molar-refractivity contribution in [3.63, 3.8) is 0 Å². The van der Waals surface area contributed by atoms with Crippen molar-refractivity contribution in [1.29, 1.82) is 0 Å². The number of ether oxygens (including phenoxy) is 2. The normalized spacial score (nSPS) is 11.7. The molecule has 2 aromatic carbocycles. The number of carbonyl (C=O) groups excluding carboxylic acids is 2. The van der Waals surface area contributed by atoms with Gasteiger partial charge in [0.1, 0.15) is 16.3 Å². The van der Waals surface area contributed by atoms with Gasteiger partial charge in [-0.2, -0.15) is 0 Å². The van der Waals surface area contributed by atoms with E-state index >= 15 is 0 Å². The molecule has 1 N–H and O–H groups in total. The Balaban J connectivity index is 1.48. The highest BCUT2D eigenvalue weighted by atomic mass is 35.5. The van der Waals surface area contributed by atoms with Gasteiger partial charge in [-0.1, -0.05) is 53.2 Å². The standard InChI is InChI=1S/C29H28Cl2N4O4S2/c1-6-11-35-26(18(4)39-21-12-16(2)25(31)17(3)13-21)33-34-29(35)41-15-23(36)32-27-24(28(37)38-5)22(14-40-27)19-7-9-20(30)10-8-19/h6-10,12-14,18H,1,11,15H2,2-5H3,(H,32,36). The molecule has 8 nitrogen and oxygen atoms in total. The molecule has 0 spiro atoms. The molecule has 2 aromatic heterocycles. The number of aryl methyl sites for hydroxylation is 2. The van der Waals surface area contributed by atoms with Crippen molar-refractivity contribution in [1.82, 2.24) is 14.8 Å². The Morgan fingerprint density at radius 1 is 1.17 bits per heavy atom. The highest BCUT2D eigenvalue weighted by Gasteiger charge is 2.24. The number of esters is 1. The molecule has 0 radical (unpaired) electrons. The van der Waals surface area contributed by atoms with Crippen molar-refractivity contribution in [2.24, 2.45) is 0 Å². The molecule has 0 saturated heterocycles. The first-order valence-electron chi connectivity index (χ1n) is 12.5. The van der Waals surface area contributed by atoms with Crippen LogP contribution in [0.4, 0.5) is 5.00 Å². The number of carbonyl (C=O) groups is 2. The average Bonchev–Trinajstić information content (AvgIpc) is 3.55. The number of nitrogens with one attached hydrogen (secondary N) is 1. The van der Waals surface area contributed by atoms with Gasteiger partial charge in [0.2, 0.25) is 5.91 Å². The fourth-order valence-corrected chi connectivity index (χ4v) is 6.09. The van der Waals surface area contributed by atoms with Crippen molar-refractivity contribution in [2.45, 2.75) is 38.6 Å². The molecule has 2 heterocycles. The number of thiophene rings is 1. The first-order chi connectivity index (χ1) is 19.6. The summed E-state index contributed by atoms with van der Waals surface area (Å²) < 4.78 is 13.0. The van der Waals surface area contributed by atoms with Crippen LogP contribution < -0.4 is 10.1 Å². The van der Waals surface area contributed by atoms with Crippen LogP contribution in [-0.4, -0.2) is 39.5 Å². The topological polar surface area (TPSA) is 95.3 Å². The molecule has 0 saturated carbocycles. The Bertz CT molecular complexity index is 1560. The molecule has 0 aliphatic heterocycles. The average molecular weight is 632 g/mol.